The van der Waals surface area contributed by atoms with Gasteiger partial charge in [0, 0.05) is 5.69 Å². The van der Waals surface area contributed by atoms with Gasteiger partial charge in [0.25, 0.3) is 5.56 Å². The van der Waals surface area contributed by atoms with Crippen LogP contribution in [0.2, 0.25) is 0 Å². The van der Waals surface area contributed by atoms with Gasteiger partial charge in [-0.15, -0.1) is 0 Å². The number of fused-ring (bicyclic) bond motifs is 1. The quantitative estimate of drug-likeness (QED) is 0.596. The van der Waals surface area contributed by atoms with Crippen LogP contribution in [0.15, 0.2) is 35.1 Å². The van der Waals surface area contributed by atoms with E-state index in [0.29, 0.717) is 21.5 Å². The molecular formula is C13H11N3O2S. The molecule has 0 atom stereocenters. The van der Waals surface area contributed by atoms with Gasteiger partial charge in [-0.2, -0.15) is 0 Å². The average Bonchev–Trinajstić information content (AvgIpc) is 2.72. The van der Waals surface area contributed by atoms with Crippen molar-refractivity contribution in [3.05, 3.63) is 51.2 Å². The largest absolute Gasteiger partial charge is 0.508 e. The number of phenolic OH excluding ortho intramolecular Hbond substituents is 1. The number of hydrogen-bond acceptors (Lipinski definition) is 3. The molecule has 2 aromatic heterocycles. The highest BCUT2D eigenvalue weighted by Crippen LogP contribution is 2.14. The van der Waals surface area contributed by atoms with Crippen LogP contribution >= 0.6 is 12.2 Å². The summed E-state index contributed by atoms with van der Waals surface area (Å²) in [5.74, 6) is 0.142. The average molecular weight is 273 g/mol. The minimum Gasteiger partial charge on any atom is -0.508 e. The predicted octanol–water partition coefficient (Wildman–Crippen LogP) is 2.39. The molecule has 19 heavy (non-hydrogen) atoms. The summed E-state index contributed by atoms with van der Waals surface area (Å²) >= 11 is 5.22. The van der Waals surface area contributed by atoms with E-state index in [-0.39, 0.29) is 11.3 Å². The first-order chi connectivity index (χ1) is 9.06. The molecule has 0 amide bonds. The van der Waals surface area contributed by atoms with Gasteiger partial charge in [0.05, 0.1) is 11.2 Å². The molecule has 0 fully saturated rings. The van der Waals surface area contributed by atoms with Crippen LogP contribution < -0.4 is 5.56 Å². The fourth-order valence-corrected chi connectivity index (χ4v) is 2.37. The standard InChI is InChI=1S/C13H11N3O2S/c1-7-6-10-11(14-7)12(18)16(13(19)15-10)8-2-4-9(17)5-3-8/h2-6,14,17H,1H3,(H,15,19). The van der Waals surface area contributed by atoms with Gasteiger partial charge in [0.1, 0.15) is 11.3 Å². The summed E-state index contributed by atoms with van der Waals surface area (Å²) < 4.78 is 1.72. The van der Waals surface area contributed by atoms with E-state index in [1.165, 1.54) is 16.7 Å². The van der Waals surface area contributed by atoms with Crippen molar-refractivity contribution in [2.75, 3.05) is 0 Å². The lowest BCUT2D eigenvalue weighted by atomic mass is 10.3. The highest BCUT2D eigenvalue weighted by atomic mass is 32.1. The number of hydrogen-bond donors (Lipinski definition) is 3. The third kappa shape index (κ3) is 1.86. The van der Waals surface area contributed by atoms with Gasteiger partial charge in [-0.3, -0.25) is 9.36 Å². The SMILES string of the molecule is Cc1cc2[nH]c(=S)n(-c3ccc(O)cc3)c(=O)c2[nH]1. The van der Waals surface area contributed by atoms with Gasteiger partial charge >= 0.3 is 0 Å². The fraction of sp³-hybridized carbons (Fsp3) is 0.0769. The number of aromatic amines is 2. The van der Waals surface area contributed by atoms with Crippen LogP contribution in [0.25, 0.3) is 16.7 Å². The third-order valence-electron chi connectivity index (χ3n) is 2.92. The zero-order valence-electron chi connectivity index (χ0n) is 10.1. The van der Waals surface area contributed by atoms with Crippen LogP contribution in [0.5, 0.6) is 5.75 Å². The molecule has 5 nitrogen and oxygen atoms in total. The van der Waals surface area contributed by atoms with E-state index in [1.54, 1.807) is 12.1 Å². The number of phenols is 1. The van der Waals surface area contributed by atoms with Crippen molar-refractivity contribution in [1.29, 1.82) is 0 Å². The van der Waals surface area contributed by atoms with Crippen LogP contribution in [-0.2, 0) is 0 Å². The van der Waals surface area contributed by atoms with E-state index in [0.717, 1.165) is 5.69 Å². The maximum absolute atomic E-state index is 12.4. The maximum Gasteiger partial charge on any atom is 0.283 e. The molecule has 0 saturated heterocycles. The minimum absolute atomic E-state index is 0.142. The Balaban J connectivity index is 2.38. The van der Waals surface area contributed by atoms with Crippen molar-refractivity contribution in [2.24, 2.45) is 0 Å². The van der Waals surface area contributed by atoms with Gasteiger partial charge in [-0.05, 0) is 49.5 Å². The van der Waals surface area contributed by atoms with Gasteiger partial charge < -0.3 is 15.1 Å². The molecule has 0 aliphatic rings. The van der Waals surface area contributed by atoms with Crippen molar-refractivity contribution in [1.82, 2.24) is 14.5 Å². The molecule has 0 spiro atoms. The Kier molecular flexibility index (Phi) is 2.53. The maximum atomic E-state index is 12.4. The highest BCUT2D eigenvalue weighted by molar-refractivity contribution is 7.71. The third-order valence-corrected chi connectivity index (χ3v) is 3.21. The topological polar surface area (TPSA) is 73.8 Å². The molecule has 2 heterocycles. The Hall–Kier alpha value is -2.34. The summed E-state index contributed by atoms with van der Waals surface area (Å²) in [7, 11) is 0. The van der Waals surface area contributed by atoms with Gasteiger partial charge in [0.2, 0.25) is 0 Å². The summed E-state index contributed by atoms with van der Waals surface area (Å²) in [4.78, 5) is 18.5. The molecule has 96 valence electrons. The zero-order valence-corrected chi connectivity index (χ0v) is 10.9. The number of H-pyrrole nitrogens is 2. The number of nitrogens with zero attached hydrogens (tertiary/aromatic N) is 1. The molecule has 3 aromatic rings. The summed E-state index contributed by atoms with van der Waals surface area (Å²) in [6.45, 7) is 1.88. The Labute approximate surface area is 113 Å². The van der Waals surface area contributed by atoms with Crippen molar-refractivity contribution in [2.45, 2.75) is 6.92 Å². The van der Waals surface area contributed by atoms with Crippen LogP contribution in [-0.4, -0.2) is 19.6 Å². The number of rotatable bonds is 1. The van der Waals surface area contributed by atoms with E-state index < -0.39 is 0 Å². The second-order valence-electron chi connectivity index (χ2n) is 4.33. The molecule has 6 heteroatoms. The van der Waals surface area contributed by atoms with Crippen LogP contribution in [0.3, 0.4) is 0 Å². The summed E-state index contributed by atoms with van der Waals surface area (Å²) in [5, 5.41) is 9.29. The first-order valence-corrected chi connectivity index (χ1v) is 6.11. The van der Waals surface area contributed by atoms with E-state index in [2.05, 4.69) is 9.97 Å². The Bertz CT molecular complexity index is 872. The van der Waals surface area contributed by atoms with Crippen molar-refractivity contribution in [3.8, 4) is 11.4 Å². The van der Waals surface area contributed by atoms with E-state index >= 15 is 0 Å². The summed E-state index contributed by atoms with van der Waals surface area (Å²) in [6, 6.07) is 8.15. The molecule has 0 bridgehead atoms. The van der Waals surface area contributed by atoms with Gasteiger partial charge in [-0.25, -0.2) is 0 Å². The normalized spacial score (nSPS) is 11.0. The molecule has 0 aliphatic heterocycles. The lowest BCUT2D eigenvalue weighted by Crippen LogP contribution is -2.20. The van der Waals surface area contributed by atoms with Crippen molar-refractivity contribution in [3.63, 3.8) is 0 Å². The molecule has 0 unspecified atom stereocenters. The Morgan fingerprint density at radius 1 is 1.21 bits per heavy atom. The van der Waals surface area contributed by atoms with Crippen LogP contribution in [0, 0.1) is 11.7 Å². The van der Waals surface area contributed by atoms with E-state index in [9.17, 15) is 9.90 Å². The Morgan fingerprint density at radius 3 is 2.58 bits per heavy atom. The monoisotopic (exact) mass is 273 g/mol. The number of benzene rings is 1. The summed E-state index contributed by atoms with van der Waals surface area (Å²) in [6.07, 6.45) is 0. The predicted molar refractivity (Wildman–Crippen MR) is 75.5 cm³/mol. The second kappa shape index (κ2) is 4.10. The van der Waals surface area contributed by atoms with Gasteiger partial charge in [-0.1, -0.05) is 0 Å². The van der Waals surface area contributed by atoms with Crippen LogP contribution in [0.1, 0.15) is 5.69 Å². The molecular weight excluding hydrogens is 262 g/mol. The second-order valence-corrected chi connectivity index (χ2v) is 4.71. The van der Waals surface area contributed by atoms with Crippen molar-refractivity contribution >= 4 is 23.3 Å². The summed E-state index contributed by atoms with van der Waals surface area (Å²) in [5.41, 5.74) is 2.47. The number of aryl methyl sites for hydroxylation is 1. The minimum atomic E-state index is -0.211. The van der Waals surface area contributed by atoms with Gasteiger partial charge in [0.15, 0.2) is 4.77 Å². The molecule has 1 aromatic carbocycles. The smallest absolute Gasteiger partial charge is 0.283 e. The molecule has 0 saturated carbocycles. The lowest BCUT2D eigenvalue weighted by molar-refractivity contribution is 0.475. The van der Waals surface area contributed by atoms with E-state index in [4.69, 9.17) is 12.2 Å². The number of aromatic nitrogens is 3. The first-order valence-electron chi connectivity index (χ1n) is 5.70. The highest BCUT2D eigenvalue weighted by Gasteiger charge is 2.09. The zero-order chi connectivity index (χ0) is 13.6. The first kappa shape index (κ1) is 11.7. The fourth-order valence-electron chi connectivity index (χ4n) is 2.07. The Morgan fingerprint density at radius 2 is 1.89 bits per heavy atom. The van der Waals surface area contributed by atoms with Crippen molar-refractivity contribution < 1.29 is 5.11 Å². The number of aromatic hydroxyl groups is 1. The molecule has 3 N–H and O–H groups in total. The van der Waals surface area contributed by atoms with E-state index in [1.807, 2.05) is 13.0 Å². The number of nitrogens with one attached hydrogen (secondary N) is 2. The van der Waals surface area contributed by atoms with Crippen LogP contribution in [0.4, 0.5) is 0 Å². The molecule has 3 rings (SSSR count). The molecule has 0 radical (unpaired) electrons. The lowest BCUT2D eigenvalue weighted by Gasteiger charge is -2.06. The molecule has 0 aliphatic carbocycles.